The Morgan fingerprint density at radius 1 is 0.837 bits per heavy atom. The zero-order chi connectivity index (χ0) is 35.9. The first-order valence-electron chi connectivity index (χ1n) is 13.7. The van der Waals surface area contributed by atoms with Crippen molar-refractivity contribution in [2.75, 3.05) is 22.5 Å². The van der Waals surface area contributed by atoms with Crippen molar-refractivity contribution in [3.8, 4) is 11.8 Å². The predicted octanol–water partition coefficient (Wildman–Crippen LogP) is 6.20. The number of esters is 1. The van der Waals surface area contributed by atoms with Crippen LogP contribution in [0.25, 0.3) is 20.4 Å². The van der Waals surface area contributed by atoms with Crippen LogP contribution >= 0.6 is 45.0 Å². The number of hydrogen-bond donors (Lipinski definition) is 3. The van der Waals surface area contributed by atoms with E-state index in [2.05, 4.69) is 41.9 Å². The first-order chi connectivity index (χ1) is 23.0. The number of nitrogens with one attached hydrogen (secondary N) is 3. The lowest BCUT2D eigenvalue weighted by Crippen LogP contribution is -2.13. The average Bonchev–Trinajstić information content (AvgIpc) is 3.61. The van der Waals surface area contributed by atoms with Crippen LogP contribution in [0.4, 0.5) is 16.0 Å². The van der Waals surface area contributed by atoms with Gasteiger partial charge in [-0.05, 0) is 54.6 Å². The summed E-state index contributed by atoms with van der Waals surface area (Å²) in [5, 5.41) is 6.33. The molecule has 0 fully saturated rings. The fourth-order valence-corrected chi connectivity index (χ4v) is 7.98. The lowest BCUT2D eigenvalue weighted by molar-refractivity contribution is -0.140. The van der Waals surface area contributed by atoms with E-state index in [1.54, 1.807) is 18.2 Å². The number of halogens is 2. The predicted molar refractivity (Wildman–Crippen MR) is 191 cm³/mol. The maximum atomic E-state index is 13.0. The van der Waals surface area contributed by atoms with Crippen molar-refractivity contribution in [3.05, 3.63) is 65.2 Å². The lowest BCUT2D eigenvalue weighted by Gasteiger charge is -2.10. The molecule has 0 bridgehead atoms. The number of aromatic nitrogens is 2. The monoisotopic (exact) mass is 781 g/mol. The quantitative estimate of drug-likeness (QED) is 0.0929. The van der Waals surface area contributed by atoms with Gasteiger partial charge in [-0.25, -0.2) is 26.8 Å². The van der Waals surface area contributed by atoms with E-state index in [-0.39, 0.29) is 46.1 Å². The first kappa shape index (κ1) is 37.5. The summed E-state index contributed by atoms with van der Waals surface area (Å²) in [6.07, 6.45) is 0.379. The first-order valence-corrected chi connectivity index (χ1v) is 19.5. The number of nitrogens with zero attached hydrogens (tertiary/aromatic N) is 2. The van der Waals surface area contributed by atoms with Crippen LogP contribution in [0.3, 0.4) is 0 Å². The number of rotatable bonds is 8. The van der Waals surface area contributed by atoms with E-state index >= 15 is 0 Å². The Morgan fingerprint density at radius 3 is 1.92 bits per heavy atom. The van der Waals surface area contributed by atoms with Crippen LogP contribution in [0.2, 0.25) is 5.02 Å². The third-order valence-corrected chi connectivity index (χ3v) is 10.8. The zero-order valence-electron chi connectivity index (χ0n) is 25.7. The van der Waals surface area contributed by atoms with Gasteiger partial charge in [-0.1, -0.05) is 46.1 Å². The summed E-state index contributed by atoms with van der Waals surface area (Å²) in [5.41, 5.74) is 1.81. The largest absolute Gasteiger partial charge is 0.469 e. The number of methoxy groups -OCH3 is 1. The van der Waals surface area contributed by atoms with Gasteiger partial charge in [-0.3, -0.25) is 19.1 Å². The van der Waals surface area contributed by atoms with Crippen LogP contribution in [-0.2, 0) is 38.2 Å². The third kappa shape index (κ3) is 10.6. The molecular formula is C30H25Cl2N5O8S4. The van der Waals surface area contributed by atoms with E-state index in [1.807, 2.05) is 0 Å². The minimum atomic E-state index is -3.95. The Morgan fingerprint density at radius 2 is 1.39 bits per heavy atom. The number of hydrogen-bond acceptors (Lipinski definition) is 12. The Balaban J connectivity index is 0.000000266. The maximum absolute atomic E-state index is 13.0. The van der Waals surface area contributed by atoms with Gasteiger partial charge in [0.1, 0.15) is 0 Å². The number of anilines is 3. The molecule has 0 radical (unpaired) electrons. The normalized spacial score (nSPS) is 11.1. The fraction of sp³-hybridized carbons (Fsp3) is 0.167. The summed E-state index contributed by atoms with van der Waals surface area (Å²) < 4.78 is 56.6. The van der Waals surface area contributed by atoms with Gasteiger partial charge in [0.15, 0.2) is 10.3 Å². The second kappa shape index (κ2) is 15.9. The second-order valence-corrected chi connectivity index (χ2v) is 16.5. The average molecular weight is 783 g/mol. The van der Waals surface area contributed by atoms with Gasteiger partial charge >= 0.3 is 5.97 Å². The minimum Gasteiger partial charge on any atom is -0.469 e. The molecule has 5 rings (SSSR count). The van der Waals surface area contributed by atoms with Crippen LogP contribution < -0.4 is 15.4 Å². The number of amides is 2. The Hall–Kier alpha value is -4.31. The topological polar surface area (TPSA) is 191 Å². The molecule has 0 atom stereocenters. The van der Waals surface area contributed by atoms with Gasteiger partial charge in [-0.2, -0.15) is 0 Å². The summed E-state index contributed by atoms with van der Waals surface area (Å²) in [6, 6.07) is 13.4. The third-order valence-electron chi connectivity index (χ3n) is 6.01. The summed E-state index contributed by atoms with van der Waals surface area (Å²) >= 11 is 8.40. The van der Waals surface area contributed by atoms with Gasteiger partial charge < -0.3 is 15.4 Å². The van der Waals surface area contributed by atoms with E-state index in [1.165, 1.54) is 80.0 Å². The molecule has 0 aliphatic carbocycles. The Labute approximate surface area is 298 Å². The summed E-state index contributed by atoms with van der Waals surface area (Å²) in [5.74, 6) is 4.79. The number of fused-ring (bicyclic) bond motifs is 2. The van der Waals surface area contributed by atoms with E-state index in [4.69, 9.17) is 22.3 Å². The van der Waals surface area contributed by atoms with Crippen molar-refractivity contribution in [3.63, 3.8) is 0 Å². The molecule has 0 spiro atoms. The summed E-state index contributed by atoms with van der Waals surface area (Å²) in [7, 11) is -1.16. The highest BCUT2D eigenvalue weighted by Gasteiger charge is 2.18. The van der Waals surface area contributed by atoms with Crippen LogP contribution in [-0.4, -0.2) is 51.7 Å². The SMILES string of the molecule is CC(=O)Nc1nc2ccc(S(=O)(=O)Cl)cc2s1.COC(=O)CCC#Cc1cc(Cl)ccc1NS(=O)(=O)c1ccc2nc(NC(C)=O)sc2c1. The lowest BCUT2D eigenvalue weighted by atomic mass is 10.2. The number of benzene rings is 3. The van der Waals surface area contributed by atoms with Crippen LogP contribution in [0.1, 0.15) is 32.3 Å². The molecule has 0 saturated heterocycles. The van der Waals surface area contributed by atoms with E-state index in [9.17, 15) is 31.2 Å². The molecule has 256 valence electrons. The van der Waals surface area contributed by atoms with Crippen molar-refractivity contribution < 1.29 is 36.0 Å². The van der Waals surface area contributed by atoms with Crippen LogP contribution in [0, 0.1) is 11.8 Å². The van der Waals surface area contributed by atoms with Crippen molar-refractivity contribution in [2.24, 2.45) is 0 Å². The minimum absolute atomic E-state index is 0.0182. The molecule has 13 nitrogen and oxygen atoms in total. The van der Waals surface area contributed by atoms with Gasteiger partial charge in [0.2, 0.25) is 11.8 Å². The fourth-order valence-electron chi connectivity index (χ4n) is 3.87. The molecule has 5 aromatic rings. The Kier molecular flexibility index (Phi) is 12.2. The molecule has 3 N–H and O–H groups in total. The van der Waals surface area contributed by atoms with Gasteiger partial charge in [-0.15, -0.1) is 0 Å². The molecule has 49 heavy (non-hydrogen) atoms. The van der Waals surface area contributed by atoms with Gasteiger partial charge in [0.25, 0.3) is 19.1 Å². The highest BCUT2D eigenvalue weighted by Crippen LogP contribution is 2.31. The highest BCUT2D eigenvalue weighted by atomic mass is 35.7. The summed E-state index contributed by atoms with van der Waals surface area (Å²) in [4.78, 5) is 41.7. The van der Waals surface area contributed by atoms with Crippen molar-refractivity contribution in [2.45, 2.75) is 36.5 Å². The standard InChI is InChI=1S/C21H18ClN3O5S2.C9H7ClN2O3S2/c1-13(26)23-21-24-18-10-8-16(12-19(18)31-21)32(28,29)25-17-9-7-15(22)11-14(17)5-3-4-6-20(27)30-2;1-5(13)11-9-12-7-3-2-6(17(10,14)15)4-8(7)16-9/h7-12,25H,4,6H2,1-2H3,(H,23,24,26);2-4H,1H3,(H,11,12,13). The van der Waals surface area contributed by atoms with Gasteiger partial charge in [0, 0.05) is 36.0 Å². The van der Waals surface area contributed by atoms with E-state index in [0.717, 1.165) is 0 Å². The number of thiazole rings is 2. The van der Waals surface area contributed by atoms with Crippen molar-refractivity contribution in [1.29, 1.82) is 0 Å². The molecule has 0 unspecified atom stereocenters. The number of carbonyl (C=O) groups excluding carboxylic acids is 3. The number of carbonyl (C=O) groups is 3. The molecule has 0 aliphatic rings. The van der Waals surface area contributed by atoms with Crippen LogP contribution in [0.15, 0.2) is 64.4 Å². The zero-order valence-corrected chi connectivity index (χ0v) is 30.4. The summed E-state index contributed by atoms with van der Waals surface area (Å²) in [6.45, 7) is 2.74. The molecule has 0 aliphatic heterocycles. The molecule has 3 aromatic carbocycles. The number of sulfonamides is 1. The molecule has 2 aromatic heterocycles. The smallest absolute Gasteiger partial charge is 0.306 e. The van der Waals surface area contributed by atoms with E-state index < -0.39 is 19.1 Å². The van der Waals surface area contributed by atoms with E-state index in [0.29, 0.717) is 41.3 Å². The number of ether oxygens (including phenoxy) is 1. The van der Waals surface area contributed by atoms with Crippen LogP contribution in [0.5, 0.6) is 0 Å². The van der Waals surface area contributed by atoms with Crippen molar-refractivity contribution >= 4 is 118 Å². The van der Waals surface area contributed by atoms with Crippen molar-refractivity contribution in [1.82, 2.24) is 9.97 Å². The second-order valence-electron chi connectivity index (χ2n) is 9.77. The molecule has 2 amide bonds. The molecular weight excluding hydrogens is 758 g/mol. The highest BCUT2D eigenvalue weighted by molar-refractivity contribution is 8.13. The Bertz CT molecular complexity index is 2370. The maximum Gasteiger partial charge on any atom is 0.306 e. The van der Waals surface area contributed by atoms with Gasteiger partial charge in [0.05, 0.1) is 55.0 Å². The molecule has 19 heteroatoms. The molecule has 0 saturated carbocycles. The molecule has 2 heterocycles.